The quantitative estimate of drug-likeness (QED) is 0.154. The average Bonchev–Trinajstić information content (AvgIpc) is 3.00. The lowest BCUT2D eigenvalue weighted by Crippen LogP contribution is -2.66. The van der Waals surface area contributed by atoms with E-state index in [0.717, 1.165) is 58.0 Å². The molecule has 4 rings (SSSR count). The van der Waals surface area contributed by atoms with Crippen LogP contribution < -0.4 is 16.9 Å². The molecule has 4 fully saturated rings. The van der Waals surface area contributed by atoms with E-state index in [1.54, 1.807) is 6.92 Å². The average molecular weight is 464 g/mol. The molecule has 2 unspecified atom stereocenters. The number of ether oxygens (including phenoxy) is 1. The first-order valence-corrected chi connectivity index (χ1v) is 12.9. The number of hydrogen-bond donors (Lipinski definition) is 6. The second-order valence-corrected chi connectivity index (χ2v) is 11.8. The van der Waals surface area contributed by atoms with E-state index >= 15 is 0 Å². The molecule has 4 aliphatic rings. The first-order chi connectivity index (χ1) is 15.5. The third-order valence-electron chi connectivity index (χ3n) is 10.6. The fraction of sp³-hybridized carbons (Fsp3) is 0.920. The van der Waals surface area contributed by atoms with Crippen molar-refractivity contribution in [3.05, 3.63) is 0 Å². The minimum Gasteiger partial charge on any atom is -0.389 e. The van der Waals surface area contributed by atoms with Crippen LogP contribution in [0, 0.1) is 34.0 Å². The van der Waals surface area contributed by atoms with Crippen molar-refractivity contribution in [3.63, 3.8) is 0 Å². The molecule has 0 aromatic carbocycles. The Bertz CT molecular complexity index is 792. The van der Waals surface area contributed by atoms with E-state index in [9.17, 15) is 10.2 Å². The lowest BCUT2D eigenvalue weighted by Gasteiger charge is -2.64. The van der Waals surface area contributed by atoms with Gasteiger partial charge in [0.05, 0.1) is 17.4 Å². The molecule has 0 heterocycles. The number of hydrazone groups is 1. The molecule has 0 saturated heterocycles. The molecule has 33 heavy (non-hydrogen) atoms. The van der Waals surface area contributed by atoms with Gasteiger partial charge in [-0.15, -0.1) is 0 Å². The summed E-state index contributed by atoms with van der Waals surface area (Å²) in [4.78, 5) is 0. The molecule has 8 heteroatoms. The van der Waals surface area contributed by atoms with Crippen molar-refractivity contribution in [3.8, 4) is 0 Å². The molecular weight excluding hydrogens is 418 g/mol. The largest absolute Gasteiger partial charge is 0.389 e. The highest BCUT2D eigenvalue weighted by Crippen LogP contribution is 2.70. The van der Waals surface area contributed by atoms with Crippen LogP contribution in [0.3, 0.4) is 0 Å². The molecule has 4 saturated carbocycles. The Morgan fingerprint density at radius 2 is 1.85 bits per heavy atom. The molecule has 4 aliphatic carbocycles. The summed E-state index contributed by atoms with van der Waals surface area (Å²) in [7, 11) is 0. The van der Waals surface area contributed by atoms with E-state index in [1.165, 1.54) is 0 Å². The highest BCUT2D eigenvalue weighted by Gasteiger charge is 2.72. The van der Waals surface area contributed by atoms with Gasteiger partial charge < -0.3 is 26.4 Å². The summed E-state index contributed by atoms with van der Waals surface area (Å²) in [5.41, 5.74) is 11.4. The van der Waals surface area contributed by atoms with Crippen LogP contribution >= 0.6 is 0 Å². The number of rotatable bonds is 6. The van der Waals surface area contributed by atoms with Crippen molar-refractivity contribution in [2.75, 3.05) is 13.2 Å². The van der Waals surface area contributed by atoms with Crippen LogP contribution in [0.1, 0.15) is 85.0 Å². The smallest absolute Gasteiger partial charge is 0.206 e. The van der Waals surface area contributed by atoms with Crippen LogP contribution in [0.15, 0.2) is 5.10 Å². The van der Waals surface area contributed by atoms with Crippen LogP contribution in [0.2, 0.25) is 0 Å². The highest BCUT2D eigenvalue weighted by molar-refractivity contribution is 5.92. The summed E-state index contributed by atoms with van der Waals surface area (Å²) in [5.74, 6) is 1.03. The minimum absolute atomic E-state index is 0.190. The molecule has 8 nitrogen and oxygen atoms in total. The SMILES string of the molecule is C/C(=N/NC(=N)N)[C@@]1(O)CC[C@@]2(O)[C@@H]3CCC4CC(OCCCN)CC[C@]4(C)[C@H]3CC[C@@]21C. The lowest BCUT2D eigenvalue weighted by atomic mass is 9.43. The molecule has 0 radical (unpaired) electrons. The van der Waals surface area contributed by atoms with Crippen molar-refractivity contribution < 1.29 is 14.9 Å². The number of hydrogen-bond acceptors (Lipinski definition) is 6. The van der Waals surface area contributed by atoms with E-state index in [0.29, 0.717) is 43.0 Å². The Morgan fingerprint density at radius 1 is 1.09 bits per heavy atom. The molecular formula is C25H45N5O3. The van der Waals surface area contributed by atoms with Gasteiger partial charge in [-0.1, -0.05) is 13.8 Å². The van der Waals surface area contributed by atoms with Crippen molar-refractivity contribution in [1.82, 2.24) is 5.43 Å². The highest BCUT2D eigenvalue weighted by atomic mass is 16.5. The zero-order valence-corrected chi connectivity index (χ0v) is 20.7. The zero-order valence-electron chi connectivity index (χ0n) is 20.7. The third-order valence-corrected chi connectivity index (χ3v) is 10.6. The topological polar surface area (TPSA) is 150 Å². The second-order valence-electron chi connectivity index (χ2n) is 11.8. The van der Waals surface area contributed by atoms with Gasteiger partial charge in [0.2, 0.25) is 5.96 Å². The first-order valence-electron chi connectivity index (χ1n) is 12.9. The monoisotopic (exact) mass is 463 g/mol. The van der Waals surface area contributed by atoms with Crippen molar-refractivity contribution in [1.29, 1.82) is 5.41 Å². The summed E-state index contributed by atoms with van der Waals surface area (Å²) in [6.45, 7) is 7.73. The van der Waals surface area contributed by atoms with Crippen molar-refractivity contribution >= 4 is 11.7 Å². The fourth-order valence-corrected chi connectivity index (χ4v) is 8.51. The number of nitrogens with one attached hydrogen (secondary N) is 2. The van der Waals surface area contributed by atoms with Crippen LogP contribution in [0.25, 0.3) is 0 Å². The van der Waals surface area contributed by atoms with E-state index in [4.69, 9.17) is 21.6 Å². The molecule has 0 aliphatic heterocycles. The molecule has 0 amide bonds. The normalized spacial score (nSPS) is 47.4. The zero-order chi connectivity index (χ0) is 24.1. The van der Waals surface area contributed by atoms with E-state index in [-0.39, 0.29) is 17.3 Å². The summed E-state index contributed by atoms with van der Waals surface area (Å²) in [5, 5.41) is 35.7. The standard InChI is InChI=1S/C25H45N5O3/c1-16(29-30-21(27)28)24(31)11-12-25(32)20-6-5-17-15-18(33-14-4-13-26)7-9-22(17,2)19(20)8-10-23(24,25)3/h17-20,31-32H,4-15,26H2,1-3H3,(H4,27,28,30)/b29-16-/t17?,18?,19-,20+,22-,23+,24-,25+/m0/s1. The van der Waals surface area contributed by atoms with Gasteiger partial charge in [0.1, 0.15) is 5.60 Å². The Hall–Kier alpha value is -1.22. The molecule has 0 aromatic heterocycles. The number of guanidine groups is 1. The van der Waals surface area contributed by atoms with Gasteiger partial charge in [0, 0.05) is 12.0 Å². The predicted octanol–water partition coefficient (Wildman–Crippen LogP) is 2.47. The van der Waals surface area contributed by atoms with Gasteiger partial charge in [-0.05, 0) is 101 Å². The summed E-state index contributed by atoms with van der Waals surface area (Å²) in [6.07, 6.45) is 9.58. The lowest BCUT2D eigenvalue weighted by molar-refractivity contribution is -0.225. The fourth-order valence-electron chi connectivity index (χ4n) is 8.51. The van der Waals surface area contributed by atoms with Gasteiger partial charge >= 0.3 is 0 Å². The van der Waals surface area contributed by atoms with E-state index < -0.39 is 16.6 Å². The Kier molecular flexibility index (Phi) is 6.62. The number of fused-ring (bicyclic) bond motifs is 5. The number of aliphatic hydroxyl groups is 2. The Labute approximate surface area is 198 Å². The van der Waals surface area contributed by atoms with Crippen LogP contribution in [-0.2, 0) is 4.74 Å². The maximum absolute atomic E-state index is 12.3. The maximum Gasteiger partial charge on any atom is 0.206 e. The molecule has 8 N–H and O–H groups in total. The number of nitrogens with zero attached hydrogens (tertiary/aromatic N) is 1. The molecule has 0 spiro atoms. The number of nitrogens with two attached hydrogens (primary N) is 2. The van der Waals surface area contributed by atoms with Gasteiger partial charge in [0.25, 0.3) is 0 Å². The van der Waals surface area contributed by atoms with Crippen LogP contribution in [-0.4, -0.2) is 52.3 Å². The molecule has 188 valence electrons. The van der Waals surface area contributed by atoms with E-state index in [2.05, 4.69) is 24.4 Å². The van der Waals surface area contributed by atoms with Crippen LogP contribution in [0.5, 0.6) is 0 Å². The predicted molar refractivity (Wildman–Crippen MR) is 130 cm³/mol. The second kappa shape index (κ2) is 8.77. The Balaban J connectivity index is 1.55. The van der Waals surface area contributed by atoms with Crippen LogP contribution in [0.4, 0.5) is 0 Å². The van der Waals surface area contributed by atoms with Crippen molar-refractivity contribution in [2.24, 2.45) is 45.2 Å². The van der Waals surface area contributed by atoms with Gasteiger partial charge in [-0.25, -0.2) is 5.43 Å². The van der Waals surface area contributed by atoms with Gasteiger partial charge in [0.15, 0.2) is 0 Å². The van der Waals surface area contributed by atoms with Crippen molar-refractivity contribution in [2.45, 2.75) is 102 Å². The van der Waals surface area contributed by atoms with E-state index in [1.807, 2.05) is 0 Å². The minimum atomic E-state index is -1.21. The third kappa shape index (κ3) is 3.72. The molecule has 8 atom stereocenters. The molecule has 0 bridgehead atoms. The van der Waals surface area contributed by atoms with Gasteiger partial charge in [-0.2, -0.15) is 5.10 Å². The van der Waals surface area contributed by atoms with Gasteiger partial charge in [-0.3, -0.25) is 5.41 Å². The maximum atomic E-state index is 12.3. The summed E-state index contributed by atoms with van der Waals surface area (Å²) >= 11 is 0. The summed E-state index contributed by atoms with van der Waals surface area (Å²) < 4.78 is 6.15. The Morgan fingerprint density at radius 3 is 2.55 bits per heavy atom. The molecule has 0 aromatic rings. The summed E-state index contributed by atoms with van der Waals surface area (Å²) in [6, 6.07) is 0. The first kappa shape index (κ1) is 24.9.